The van der Waals surface area contributed by atoms with Gasteiger partial charge in [-0.25, -0.2) is 4.39 Å². The lowest BCUT2D eigenvalue weighted by atomic mass is 10.0. The number of likely N-dealkylation sites (tertiary alicyclic amines) is 1. The van der Waals surface area contributed by atoms with E-state index in [1.165, 1.54) is 6.92 Å². The molecule has 2 heterocycles. The van der Waals surface area contributed by atoms with Gasteiger partial charge in [-0.15, -0.1) is 0 Å². The minimum absolute atomic E-state index is 0.118. The SMILES string of the molecule is CN=C1CN(C[C@@H]2CC(C)(F)C(=O)N2)CC1=C(N)C(=O)NCc1ccc(Cl)cc1. The summed E-state index contributed by atoms with van der Waals surface area (Å²) in [5.41, 5.74) is 6.68. The van der Waals surface area contributed by atoms with Crippen molar-refractivity contribution in [2.24, 2.45) is 10.7 Å². The maximum atomic E-state index is 14.1. The molecule has 1 aromatic carbocycles. The second-order valence-corrected chi connectivity index (χ2v) is 8.05. The summed E-state index contributed by atoms with van der Waals surface area (Å²) in [6, 6.07) is 6.89. The maximum absolute atomic E-state index is 14.1. The highest BCUT2D eigenvalue weighted by Gasteiger charge is 2.44. The highest BCUT2D eigenvalue weighted by atomic mass is 35.5. The van der Waals surface area contributed by atoms with Crippen LogP contribution in [0.15, 0.2) is 40.5 Å². The zero-order chi connectivity index (χ0) is 21.2. The third-order valence-corrected chi connectivity index (χ3v) is 5.48. The first-order valence-corrected chi connectivity index (χ1v) is 9.77. The van der Waals surface area contributed by atoms with Crippen LogP contribution in [-0.2, 0) is 16.1 Å². The van der Waals surface area contributed by atoms with Gasteiger partial charge in [-0.3, -0.25) is 19.5 Å². The van der Waals surface area contributed by atoms with Crippen molar-refractivity contribution in [3.8, 4) is 0 Å². The summed E-state index contributed by atoms with van der Waals surface area (Å²) in [4.78, 5) is 30.4. The third-order valence-electron chi connectivity index (χ3n) is 5.23. The number of carbonyl (C=O) groups excluding carboxylic acids is 2. The van der Waals surface area contributed by atoms with E-state index in [1.54, 1.807) is 19.2 Å². The summed E-state index contributed by atoms with van der Waals surface area (Å²) in [5, 5.41) is 6.11. The number of nitrogens with zero attached hydrogens (tertiary/aromatic N) is 2. The molecule has 2 fully saturated rings. The molecule has 2 amide bonds. The van der Waals surface area contributed by atoms with E-state index >= 15 is 0 Å². The van der Waals surface area contributed by atoms with Crippen LogP contribution in [0.1, 0.15) is 18.9 Å². The van der Waals surface area contributed by atoms with E-state index in [0.717, 1.165) is 11.3 Å². The Hall–Kier alpha value is -2.45. The van der Waals surface area contributed by atoms with Crippen LogP contribution in [0.2, 0.25) is 5.02 Å². The summed E-state index contributed by atoms with van der Waals surface area (Å²) < 4.78 is 14.1. The van der Waals surface area contributed by atoms with Gasteiger partial charge < -0.3 is 16.4 Å². The average Bonchev–Trinajstić information content (AvgIpc) is 3.19. The van der Waals surface area contributed by atoms with E-state index in [1.807, 2.05) is 17.0 Å². The quantitative estimate of drug-likeness (QED) is 0.621. The number of amides is 2. The van der Waals surface area contributed by atoms with Gasteiger partial charge in [-0.1, -0.05) is 23.7 Å². The van der Waals surface area contributed by atoms with Gasteiger partial charge in [0.25, 0.3) is 11.8 Å². The molecular weight excluding hydrogens is 397 g/mol. The smallest absolute Gasteiger partial charge is 0.267 e. The Labute approximate surface area is 174 Å². The van der Waals surface area contributed by atoms with Crippen molar-refractivity contribution in [2.75, 3.05) is 26.7 Å². The fourth-order valence-corrected chi connectivity index (χ4v) is 3.76. The number of alkyl halides is 1. The van der Waals surface area contributed by atoms with Gasteiger partial charge in [-0.05, 0) is 24.6 Å². The summed E-state index contributed by atoms with van der Waals surface area (Å²) >= 11 is 5.86. The van der Waals surface area contributed by atoms with Crippen LogP contribution in [0, 0.1) is 0 Å². The van der Waals surface area contributed by atoms with E-state index in [4.69, 9.17) is 17.3 Å². The zero-order valence-electron chi connectivity index (χ0n) is 16.5. The van der Waals surface area contributed by atoms with Gasteiger partial charge in [0.1, 0.15) is 5.70 Å². The Bertz CT molecular complexity index is 866. The lowest BCUT2D eigenvalue weighted by molar-refractivity contribution is -0.128. The Kier molecular flexibility index (Phi) is 6.24. The lowest BCUT2D eigenvalue weighted by Gasteiger charge is -2.19. The van der Waals surface area contributed by atoms with E-state index in [-0.39, 0.29) is 24.1 Å². The summed E-state index contributed by atoms with van der Waals surface area (Å²) in [6.07, 6.45) is 0.122. The summed E-state index contributed by atoms with van der Waals surface area (Å²) in [5.74, 6) is -0.952. The molecule has 0 aromatic heterocycles. The molecular formula is C20H25ClFN5O2. The molecule has 1 unspecified atom stereocenters. The fraction of sp³-hybridized carbons (Fsp3) is 0.450. The van der Waals surface area contributed by atoms with Crippen LogP contribution >= 0.6 is 11.6 Å². The number of nitrogens with two attached hydrogens (primary N) is 1. The molecule has 156 valence electrons. The highest BCUT2D eigenvalue weighted by molar-refractivity contribution is 6.30. The minimum atomic E-state index is -1.84. The molecule has 0 radical (unpaired) electrons. The van der Waals surface area contributed by atoms with Crippen molar-refractivity contribution < 1.29 is 14.0 Å². The number of benzene rings is 1. The molecule has 0 bridgehead atoms. The van der Waals surface area contributed by atoms with E-state index < -0.39 is 11.6 Å². The first-order valence-electron chi connectivity index (χ1n) is 9.39. The normalized spacial score (nSPS) is 27.9. The molecule has 29 heavy (non-hydrogen) atoms. The summed E-state index contributed by atoms with van der Waals surface area (Å²) in [7, 11) is 1.65. The van der Waals surface area contributed by atoms with Crippen LogP contribution < -0.4 is 16.4 Å². The predicted octanol–water partition coefficient (Wildman–Crippen LogP) is 1.17. The minimum Gasteiger partial charge on any atom is -0.394 e. The number of hydrogen-bond donors (Lipinski definition) is 3. The second kappa shape index (κ2) is 8.51. The standard InChI is InChI=1S/C20H25ClFN5O2/c1-20(22)7-14(26-19(20)29)9-27-10-15(16(11-27)24-2)17(23)18(28)25-8-12-3-5-13(21)6-4-12/h3-6,14H,7-11,23H2,1-2H3,(H,25,28)(H,26,29)/t14-,20?/m0/s1. The molecule has 2 aliphatic heterocycles. The molecule has 0 saturated carbocycles. The largest absolute Gasteiger partial charge is 0.394 e. The Morgan fingerprint density at radius 3 is 2.69 bits per heavy atom. The van der Waals surface area contributed by atoms with Gasteiger partial charge in [0, 0.05) is 56.3 Å². The van der Waals surface area contributed by atoms with E-state index in [2.05, 4.69) is 15.6 Å². The van der Waals surface area contributed by atoms with Gasteiger partial charge in [0.05, 0.1) is 5.71 Å². The fourth-order valence-electron chi connectivity index (χ4n) is 3.63. The number of halogens is 2. The van der Waals surface area contributed by atoms with Crippen LogP contribution in [0.4, 0.5) is 4.39 Å². The number of aliphatic imine (C=N–C) groups is 1. The van der Waals surface area contributed by atoms with Crippen LogP contribution in [0.5, 0.6) is 0 Å². The zero-order valence-corrected chi connectivity index (χ0v) is 17.2. The van der Waals surface area contributed by atoms with Gasteiger partial charge in [-0.2, -0.15) is 0 Å². The first kappa shape index (κ1) is 21.3. The van der Waals surface area contributed by atoms with Crippen molar-refractivity contribution in [1.82, 2.24) is 15.5 Å². The molecule has 3 rings (SSSR count). The molecule has 2 aliphatic rings. The Morgan fingerprint density at radius 1 is 1.41 bits per heavy atom. The van der Waals surface area contributed by atoms with Gasteiger partial charge in [0.15, 0.2) is 5.67 Å². The number of rotatable bonds is 5. The van der Waals surface area contributed by atoms with Crippen molar-refractivity contribution in [3.63, 3.8) is 0 Å². The molecule has 9 heteroatoms. The molecule has 2 atom stereocenters. The van der Waals surface area contributed by atoms with Crippen molar-refractivity contribution in [3.05, 3.63) is 46.1 Å². The van der Waals surface area contributed by atoms with Gasteiger partial charge >= 0.3 is 0 Å². The molecule has 7 nitrogen and oxygen atoms in total. The highest BCUT2D eigenvalue weighted by Crippen LogP contribution is 2.26. The second-order valence-electron chi connectivity index (χ2n) is 7.61. The topological polar surface area (TPSA) is 99.8 Å². The van der Waals surface area contributed by atoms with Crippen LogP contribution in [0.3, 0.4) is 0 Å². The molecule has 0 aliphatic carbocycles. The number of carbonyl (C=O) groups is 2. The number of nitrogens with one attached hydrogen (secondary N) is 2. The van der Waals surface area contributed by atoms with Crippen LogP contribution in [0.25, 0.3) is 0 Å². The first-order chi connectivity index (χ1) is 13.7. The third kappa shape index (κ3) is 4.94. The molecule has 4 N–H and O–H groups in total. The van der Waals surface area contributed by atoms with Crippen molar-refractivity contribution >= 4 is 29.1 Å². The van der Waals surface area contributed by atoms with E-state index in [0.29, 0.717) is 36.8 Å². The number of hydrogen-bond acceptors (Lipinski definition) is 5. The van der Waals surface area contributed by atoms with Crippen LogP contribution in [-0.4, -0.2) is 60.8 Å². The lowest BCUT2D eigenvalue weighted by Crippen LogP contribution is -2.38. The molecule has 0 spiro atoms. The van der Waals surface area contributed by atoms with E-state index in [9.17, 15) is 14.0 Å². The Morgan fingerprint density at radius 2 is 2.10 bits per heavy atom. The van der Waals surface area contributed by atoms with Gasteiger partial charge in [0.2, 0.25) is 0 Å². The maximum Gasteiger partial charge on any atom is 0.267 e. The molecule has 1 aromatic rings. The average molecular weight is 422 g/mol. The van der Waals surface area contributed by atoms with Crippen molar-refractivity contribution in [1.29, 1.82) is 0 Å². The monoisotopic (exact) mass is 421 g/mol. The molecule has 2 saturated heterocycles. The predicted molar refractivity (Wildman–Crippen MR) is 110 cm³/mol. The summed E-state index contributed by atoms with van der Waals surface area (Å²) in [6.45, 7) is 3.00. The van der Waals surface area contributed by atoms with Crippen molar-refractivity contribution in [2.45, 2.75) is 31.6 Å². The Balaban J connectivity index is 1.63.